The molecular formula is C10H14BrNS. The normalized spacial score (nSPS) is 12.8. The van der Waals surface area contributed by atoms with E-state index in [1.54, 1.807) is 0 Å². The molecule has 0 fully saturated rings. The first-order chi connectivity index (χ1) is 6.24. The van der Waals surface area contributed by atoms with E-state index in [1.807, 2.05) is 30.1 Å². The number of thioether (sulfide) groups is 1. The first kappa shape index (κ1) is 11.1. The average Bonchev–Trinajstić information content (AvgIpc) is 2.16. The minimum absolute atomic E-state index is 0.763. The minimum Gasteiger partial charge on any atom is -0.249 e. The molecule has 0 radical (unpaired) electrons. The van der Waals surface area contributed by atoms with Crippen molar-refractivity contribution in [3.63, 3.8) is 0 Å². The Morgan fingerprint density at radius 1 is 1.62 bits per heavy atom. The lowest BCUT2D eigenvalue weighted by molar-refractivity contribution is 0.636. The highest BCUT2D eigenvalue weighted by molar-refractivity contribution is 9.10. The molecule has 0 spiro atoms. The van der Waals surface area contributed by atoms with Gasteiger partial charge in [-0.3, -0.25) is 0 Å². The Bertz CT molecular complexity index is 265. The Hall–Kier alpha value is -0.0200. The van der Waals surface area contributed by atoms with Gasteiger partial charge in [-0.15, -0.1) is 11.8 Å². The lowest BCUT2D eigenvalue weighted by atomic mass is 10.2. The summed E-state index contributed by atoms with van der Waals surface area (Å²) in [6, 6.07) is 3.98. The molecule has 1 heterocycles. The molecule has 72 valence electrons. The molecule has 0 amide bonds. The summed E-state index contributed by atoms with van der Waals surface area (Å²) in [4.78, 5) is 4.30. The zero-order valence-corrected chi connectivity index (χ0v) is 10.4. The molecular weight excluding hydrogens is 246 g/mol. The summed E-state index contributed by atoms with van der Waals surface area (Å²) in [7, 11) is 0. The van der Waals surface area contributed by atoms with E-state index in [4.69, 9.17) is 0 Å². The number of aromatic nitrogens is 1. The maximum absolute atomic E-state index is 4.30. The zero-order chi connectivity index (χ0) is 9.68. The van der Waals surface area contributed by atoms with Crippen LogP contribution in [0.2, 0.25) is 0 Å². The summed E-state index contributed by atoms with van der Waals surface area (Å²) in [6.45, 7) is 4.49. The van der Waals surface area contributed by atoms with Gasteiger partial charge in [-0.1, -0.05) is 20.3 Å². The van der Waals surface area contributed by atoms with Gasteiger partial charge in [0, 0.05) is 16.4 Å². The van der Waals surface area contributed by atoms with Gasteiger partial charge in [-0.05, 0) is 34.0 Å². The van der Waals surface area contributed by atoms with Crippen LogP contribution in [-0.2, 0) is 0 Å². The fraction of sp³-hybridized carbons (Fsp3) is 0.500. The molecule has 0 bridgehead atoms. The molecule has 13 heavy (non-hydrogen) atoms. The Kier molecular flexibility index (Phi) is 4.81. The van der Waals surface area contributed by atoms with Crippen LogP contribution in [0, 0.1) is 5.92 Å². The van der Waals surface area contributed by atoms with Crippen molar-refractivity contribution in [1.82, 2.24) is 4.98 Å². The third kappa shape index (κ3) is 3.69. The zero-order valence-electron chi connectivity index (χ0n) is 7.96. The number of halogens is 1. The average molecular weight is 260 g/mol. The standard InChI is InChI=1S/C10H14BrNS/c1-3-8(2)7-13-10-9(11)5-4-6-12-10/h4-6,8H,3,7H2,1-2H3. The molecule has 0 aliphatic rings. The van der Waals surface area contributed by atoms with Crippen LogP contribution in [0.25, 0.3) is 0 Å². The summed E-state index contributed by atoms with van der Waals surface area (Å²) in [5.41, 5.74) is 0. The van der Waals surface area contributed by atoms with Gasteiger partial charge in [0.2, 0.25) is 0 Å². The van der Waals surface area contributed by atoms with Gasteiger partial charge in [0.15, 0.2) is 0 Å². The van der Waals surface area contributed by atoms with Gasteiger partial charge < -0.3 is 0 Å². The van der Waals surface area contributed by atoms with Crippen LogP contribution < -0.4 is 0 Å². The highest BCUT2D eigenvalue weighted by Gasteiger charge is 2.03. The molecule has 0 aromatic carbocycles. The van der Waals surface area contributed by atoms with Crippen molar-refractivity contribution >= 4 is 27.7 Å². The van der Waals surface area contributed by atoms with Gasteiger partial charge in [0.05, 0.1) is 0 Å². The summed E-state index contributed by atoms with van der Waals surface area (Å²) in [6.07, 6.45) is 3.07. The lowest BCUT2D eigenvalue weighted by Crippen LogP contribution is -1.95. The van der Waals surface area contributed by atoms with Gasteiger partial charge in [-0.25, -0.2) is 4.98 Å². The third-order valence-electron chi connectivity index (χ3n) is 1.93. The first-order valence-corrected chi connectivity index (χ1v) is 6.25. The summed E-state index contributed by atoms with van der Waals surface area (Å²) < 4.78 is 1.10. The number of rotatable bonds is 4. The maximum Gasteiger partial charge on any atom is 0.110 e. The molecule has 1 aromatic rings. The molecule has 0 N–H and O–H groups in total. The maximum atomic E-state index is 4.30. The van der Waals surface area contributed by atoms with Crippen molar-refractivity contribution in [3.05, 3.63) is 22.8 Å². The van der Waals surface area contributed by atoms with Crippen LogP contribution in [0.15, 0.2) is 27.8 Å². The summed E-state index contributed by atoms with van der Waals surface area (Å²) in [5.74, 6) is 1.91. The van der Waals surface area contributed by atoms with Crippen LogP contribution in [0.5, 0.6) is 0 Å². The van der Waals surface area contributed by atoms with E-state index >= 15 is 0 Å². The second kappa shape index (κ2) is 5.66. The molecule has 1 rings (SSSR count). The van der Waals surface area contributed by atoms with Gasteiger partial charge in [0.25, 0.3) is 0 Å². The van der Waals surface area contributed by atoms with Crippen molar-refractivity contribution < 1.29 is 0 Å². The number of nitrogens with zero attached hydrogens (tertiary/aromatic N) is 1. The quantitative estimate of drug-likeness (QED) is 0.759. The number of hydrogen-bond donors (Lipinski definition) is 0. The molecule has 0 aliphatic heterocycles. The van der Waals surface area contributed by atoms with Crippen LogP contribution in [0.3, 0.4) is 0 Å². The largest absolute Gasteiger partial charge is 0.249 e. The minimum atomic E-state index is 0.763. The Labute approximate surface area is 92.5 Å². The third-order valence-corrected chi connectivity index (χ3v) is 4.16. The Morgan fingerprint density at radius 3 is 3.00 bits per heavy atom. The molecule has 3 heteroatoms. The predicted octanol–water partition coefficient (Wildman–Crippen LogP) is 3.98. The number of pyridine rings is 1. The lowest BCUT2D eigenvalue weighted by Gasteiger charge is -2.07. The van der Waals surface area contributed by atoms with E-state index in [9.17, 15) is 0 Å². The second-order valence-corrected chi connectivity index (χ2v) is 4.98. The van der Waals surface area contributed by atoms with Crippen LogP contribution in [-0.4, -0.2) is 10.7 Å². The van der Waals surface area contributed by atoms with E-state index in [1.165, 1.54) is 6.42 Å². The molecule has 1 unspecified atom stereocenters. The topological polar surface area (TPSA) is 12.9 Å². The highest BCUT2D eigenvalue weighted by atomic mass is 79.9. The predicted molar refractivity (Wildman–Crippen MR) is 62.1 cm³/mol. The molecule has 0 aliphatic carbocycles. The monoisotopic (exact) mass is 259 g/mol. The Balaban J connectivity index is 2.50. The van der Waals surface area contributed by atoms with E-state index in [0.717, 1.165) is 21.2 Å². The molecule has 0 saturated heterocycles. The molecule has 0 saturated carbocycles. The van der Waals surface area contributed by atoms with Gasteiger partial charge in [-0.2, -0.15) is 0 Å². The fourth-order valence-electron chi connectivity index (χ4n) is 0.816. The van der Waals surface area contributed by atoms with E-state index < -0.39 is 0 Å². The van der Waals surface area contributed by atoms with Crippen molar-refractivity contribution in [3.8, 4) is 0 Å². The Morgan fingerprint density at radius 2 is 2.38 bits per heavy atom. The fourth-order valence-corrected chi connectivity index (χ4v) is 2.43. The molecule has 1 atom stereocenters. The summed E-state index contributed by atoms with van der Waals surface area (Å²) in [5, 5.41) is 1.10. The van der Waals surface area contributed by atoms with Gasteiger partial charge in [0.1, 0.15) is 5.03 Å². The van der Waals surface area contributed by atoms with Gasteiger partial charge >= 0.3 is 0 Å². The van der Waals surface area contributed by atoms with Crippen molar-refractivity contribution in [2.75, 3.05) is 5.75 Å². The van der Waals surface area contributed by atoms with E-state index in [0.29, 0.717) is 0 Å². The summed E-state index contributed by atoms with van der Waals surface area (Å²) >= 11 is 5.31. The molecule has 1 nitrogen and oxygen atoms in total. The van der Waals surface area contributed by atoms with Crippen molar-refractivity contribution in [2.45, 2.75) is 25.3 Å². The van der Waals surface area contributed by atoms with Crippen molar-refractivity contribution in [2.24, 2.45) is 5.92 Å². The van der Waals surface area contributed by atoms with Crippen LogP contribution >= 0.6 is 27.7 Å². The van der Waals surface area contributed by atoms with E-state index in [-0.39, 0.29) is 0 Å². The number of hydrogen-bond acceptors (Lipinski definition) is 2. The highest BCUT2D eigenvalue weighted by Crippen LogP contribution is 2.26. The second-order valence-electron chi connectivity index (χ2n) is 3.11. The van der Waals surface area contributed by atoms with Crippen LogP contribution in [0.1, 0.15) is 20.3 Å². The van der Waals surface area contributed by atoms with Crippen molar-refractivity contribution in [1.29, 1.82) is 0 Å². The SMILES string of the molecule is CCC(C)CSc1ncccc1Br. The molecule has 1 aromatic heterocycles. The smallest absolute Gasteiger partial charge is 0.110 e. The first-order valence-electron chi connectivity index (χ1n) is 4.47. The van der Waals surface area contributed by atoms with Crippen LogP contribution in [0.4, 0.5) is 0 Å². The van der Waals surface area contributed by atoms with E-state index in [2.05, 4.69) is 34.8 Å².